The molecule has 168 valence electrons. The lowest BCUT2D eigenvalue weighted by Gasteiger charge is -2.43. The van der Waals surface area contributed by atoms with Crippen molar-refractivity contribution in [2.45, 2.75) is 83.7 Å². The number of hydrogen-bond donors (Lipinski definition) is 0. The minimum atomic E-state index is -0.691. The highest BCUT2D eigenvalue weighted by atomic mass is 32.2. The Balaban J connectivity index is 1.80. The molecule has 0 bridgehead atoms. The average Bonchev–Trinajstić information content (AvgIpc) is 3.07. The summed E-state index contributed by atoms with van der Waals surface area (Å²) in [4.78, 5) is 1.35. The minimum Gasteiger partial charge on any atom is -0.379 e. The fourth-order valence-electron chi connectivity index (χ4n) is 4.52. The van der Waals surface area contributed by atoms with Crippen molar-refractivity contribution in [2.75, 3.05) is 32.7 Å². The van der Waals surface area contributed by atoms with Crippen LogP contribution in [0.2, 0.25) is 0 Å². The van der Waals surface area contributed by atoms with Crippen molar-refractivity contribution in [3.63, 3.8) is 0 Å². The largest absolute Gasteiger partial charge is 0.379 e. The van der Waals surface area contributed by atoms with Crippen molar-refractivity contribution in [2.24, 2.45) is 5.92 Å². The van der Waals surface area contributed by atoms with Gasteiger partial charge in [-0.2, -0.15) is 0 Å². The molecule has 2 fully saturated rings. The van der Waals surface area contributed by atoms with Gasteiger partial charge in [-0.3, -0.25) is 0 Å². The van der Waals surface area contributed by atoms with Crippen molar-refractivity contribution >= 4 is 11.8 Å². The summed E-state index contributed by atoms with van der Waals surface area (Å²) in [7, 11) is 0. The van der Waals surface area contributed by atoms with E-state index in [-0.39, 0.29) is 12.2 Å². The normalized spacial score (nSPS) is 30.8. The third-order valence-electron chi connectivity index (χ3n) is 6.11. The second-order valence-electron chi connectivity index (χ2n) is 8.44. The topological polar surface area (TPSA) is 36.9 Å². The maximum absolute atomic E-state index is 6.64. The van der Waals surface area contributed by atoms with Gasteiger partial charge in [0.2, 0.25) is 0 Å². The lowest BCUT2D eigenvalue weighted by Crippen LogP contribution is -2.49. The molecule has 0 aromatic rings. The molecule has 0 saturated carbocycles. The minimum absolute atomic E-state index is 0.00600. The Hall–Kier alpha value is -0.770. The van der Waals surface area contributed by atoms with E-state index in [1.807, 2.05) is 6.92 Å². The smallest absolute Gasteiger partial charge is 0.194 e. The number of allylic oxidation sites excluding steroid dienone is 3. The summed E-state index contributed by atoms with van der Waals surface area (Å²) in [5, 5.41) is 0. The van der Waals surface area contributed by atoms with Crippen molar-refractivity contribution < 1.29 is 18.9 Å². The van der Waals surface area contributed by atoms with Crippen LogP contribution in [0.25, 0.3) is 0 Å². The van der Waals surface area contributed by atoms with Crippen molar-refractivity contribution in [3.8, 4) is 11.8 Å². The molecule has 1 aliphatic carbocycles. The van der Waals surface area contributed by atoms with E-state index >= 15 is 0 Å². The number of hydrogen-bond acceptors (Lipinski definition) is 5. The van der Waals surface area contributed by atoms with Gasteiger partial charge in [0.25, 0.3) is 0 Å². The Labute approximate surface area is 187 Å². The van der Waals surface area contributed by atoms with Gasteiger partial charge in [0.1, 0.15) is 0 Å². The van der Waals surface area contributed by atoms with Crippen molar-refractivity contribution in [1.82, 2.24) is 0 Å². The first-order chi connectivity index (χ1) is 14.7. The zero-order valence-electron chi connectivity index (χ0n) is 19.1. The quantitative estimate of drug-likeness (QED) is 0.336. The molecule has 4 nitrogen and oxygen atoms in total. The predicted octanol–water partition coefficient (Wildman–Crippen LogP) is 5.48. The molecule has 0 radical (unpaired) electrons. The van der Waals surface area contributed by atoms with Gasteiger partial charge >= 0.3 is 0 Å². The van der Waals surface area contributed by atoms with E-state index in [2.05, 4.69) is 38.0 Å². The lowest BCUT2D eigenvalue weighted by molar-refractivity contribution is -0.269. The molecule has 5 heteroatoms. The molecule has 3 rings (SSSR count). The molecule has 2 saturated heterocycles. The summed E-state index contributed by atoms with van der Waals surface area (Å²) >= 11 is 1.80. The van der Waals surface area contributed by atoms with Crippen LogP contribution in [0.5, 0.6) is 0 Å². The highest BCUT2D eigenvalue weighted by molar-refractivity contribution is 8.02. The Morgan fingerprint density at radius 2 is 2.03 bits per heavy atom. The Kier molecular flexibility index (Phi) is 9.34. The zero-order chi connectivity index (χ0) is 21.4. The fourth-order valence-corrected chi connectivity index (χ4v) is 5.22. The SMILES string of the molecule is CC#CC1=C(SC)CC2CO[C@@]3(C[C@@H](OCCCC)C[C@@H](COCCCC)O3)C2=C1. The van der Waals surface area contributed by atoms with Gasteiger partial charge in [-0.15, -0.1) is 17.7 Å². The van der Waals surface area contributed by atoms with Gasteiger partial charge in [0.05, 0.1) is 25.4 Å². The second-order valence-corrected chi connectivity index (χ2v) is 9.34. The Morgan fingerprint density at radius 3 is 2.77 bits per heavy atom. The van der Waals surface area contributed by atoms with E-state index in [9.17, 15) is 0 Å². The van der Waals surface area contributed by atoms with Gasteiger partial charge in [-0.1, -0.05) is 32.6 Å². The van der Waals surface area contributed by atoms with Gasteiger partial charge in [-0.05, 0) is 44.1 Å². The molecule has 3 aliphatic rings. The number of fused-ring (bicyclic) bond motifs is 2. The van der Waals surface area contributed by atoms with Gasteiger partial charge < -0.3 is 18.9 Å². The fraction of sp³-hybridized carbons (Fsp3) is 0.760. The number of rotatable bonds is 10. The number of unbranched alkanes of at least 4 members (excludes halogenated alkanes) is 2. The van der Waals surface area contributed by atoms with E-state index in [1.54, 1.807) is 11.8 Å². The maximum atomic E-state index is 6.64. The van der Waals surface area contributed by atoms with E-state index in [4.69, 9.17) is 18.9 Å². The number of ether oxygens (including phenoxy) is 4. The molecule has 1 spiro atoms. The highest BCUT2D eigenvalue weighted by Crippen LogP contribution is 2.50. The Morgan fingerprint density at radius 1 is 1.23 bits per heavy atom. The molecule has 30 heavy (non-hydrogen) atoms. The van der Waals surface area contributed by atoms with Crippen LogP contribution in [0.3, 0.4) is 0 Å². The lowest BCUT2D eigenvalue weighted by atomic mass is 9.82. The summed E-state index contributed by atoms with van der Waals surface area (Å²) < 4.78 is 25.3. The van der Waals surface area contributed by atoms with Crippen LogP contribution in [0.15, 0.2) is 22.1 Å². The van der Waals surface area contributed by atoms with Crippen LogP contribution in [-0.4, -0.2) is 50.7 Å². The summed E-state index contributed by atoms with van der Waals surface area (Å²) in [6.45, 7) is 9.16. The van der Waals surface area contributed by atoms with Crippen LogP contribution in [-0.2, 0) is 18.9 Å². The number of thioether (sulfide) groups is 1. The first kappa shape index (κ1) is 23.9. The molecular formula is C25H38O4S. The zero-order valence-corrected chi connectivity index (χ0v) is 19.9. The summed E-state index contributed by atoms with van der Waals surface area (Å²) in [6.07, 6.45) is 11.6. The standard InChI is InChI=1S/C25H38O4S/c1-5-8-11-26-18-22-15-21(27-12-9-6-2)16-25(29-22)23-13-19(10-7-3)24(30-4)14-20(23)17-28-25/h13,20-22H,5-6,8-9,11-12,14-18H2,1-4H3/t20?,21-,22-,25+/m0/s1. The molecular weight excluding hydrogens is 396 g/mol. The molecule has 2 heterocycles. The predicted molar refractivity (Wildman–Crippen MR) is 123 cm³/mol. The van der Waals surface area contributed by atoms with E-state index in [1.165, 1.54) is 10.5 Å². The van der Waals surface area contributed by atoms with Crippen LogP contribution in [0.4, 0.5) is 0 Å². The van der Waals surface area contributed by atoms with Crippen molar-refractivity contribution in [1.29, 1.82) is 0 Å². The third-order valence-corrected chi connectivity index (χ3v) is 6.99. The van der Waals surface area contributed by atoms with Gasteiger partial charge in [0, 0.05) is 42.5 Å². The summed E-state index contributed by atoms with van der Waals surface area (Å²) in [5.41, 5.74) is 2.37. The third kappa shape index (κ3) is 5.72. The van der Waals surface area contributed by atoms with Crippen molar-refractivity contribution in [3.05, 3.63) is 22.1 Å². The molecule has 1 unspecified atom stereocenters. The summed E-state index contributed by atoms with van der Waals surface area (Å²) in [6, 6.07) is 0. The van der Waals surface area contributed by atoms with Crippen LogP contribution in [0.1, 0.15) is 65.7 Å². The molecule has 0 amide bonds. The molecule has 0 aromatic heterocycles. The molecule has 0 N–H and O–H groups in total. The first-order valence-corrected chi connectivity index (χ1v) is 12.8. The van der Waals surface area contributed by atoms with Crippen LogP contribution < -0.4 is 0 Å². The average molecular weight is 435 g/mol. The van der Waals surface area contributed by atoms with Crippen LogP contribution >= 0.6 is 11.8 Å². The van der Waals surface area contributed by atoms with E-state index < -0.39 is 5.79 Å². The molecule has 2 aliphatic heterocycles. The molecule has 4 atom stereocenters. The van der Waals surface area contributed by atoms with Gasteiger partial charge in [0.15, 0.2) is 5.79 Å². The van der Waals surface area contributed by atoms with E-state index in [0.717, 1.165) is 63.7 Å². The van der Waals surface area contributed by atoms with Gasteiger partial charge in [-0.25, -0.2) is 0 Å². The van der Waals surface area contributed by atoms with Crippen LogP contribution in [0, 0.1) is 17.8 Å². The second kappa shape index (κ2) is 11.7. The first-order valence-electron chi connectivity index (χ1n) is 11.6. The monoisotopic (exact) mass is 434 g/mol. The summed E-state index contributed by atoms with van der Waals surface area (Å²) in [5.74, 6) is 6.05. The maximum Gasteiger partial charge on any atom is 0.194 e. The van der Waals surface area contributed by atoms with E-state index in [0.29, 0.717) is 19.1 Å². The Bertz CT molecular complexity index is 689. The highest BCUT2D eigenvalue weighted by Gasteiger charge is 2.53. The molecule has 0 aromatic carbocycles.